The normalized spacial score (nSPS) is 28.4. The third kappa shape index (κ3) is 20.6. The number of ether oxygens (including phenoxy) is 7. The molecule has 4 saturated carbocycles. The Kier molecular flexibility index (Phi) is 27.8. The summed E-state index contributed by atoms with van der Waals surface area (Å²) < 4.78 is 97.8. The zero-order chi connectivity index (χ0) is 77.3. The lowest BCUT2D eigenvalue weighted by molar-refractivity contribution is -0.385. The number of aliphatic imine (C=N–C) groups is 4. The Morgan fingerprint density at radius 3 is 1.07 bits per heavy atom. The van der Waals surface area contributed by atoms with Crippen LogP contribution in [0.25, 0.3) is 0 Å². The quantitative estimate of drug-likeness (QED) is 0.0249. The molecule has 106 heavy (non-hydrogen) atoms. The van der Waals surface area contributed by atoms with Gasteiger partial charge in [-0.15, -0.1) is 35.3 Å². The van der Waals surface area contributed by atoms with Gasteiger partial charge in [0.05, 0.1) is 85.9 Å². The molecular weight excluding hydrogens is 1450 g/mol. The molecule has 0 aromatic heterocycles. The number of amidine groups is 1. The SMILES string of the molecule is CO[C@H]1CC[C@H]2CSC(CC(=O)OC(C)(C)C)=N[C@@]2(c2cc(N)ccc2F)C1.CO[C@H]1CC[C@H]2CSC(CC(=O)OC(C)(C)C)=N[C@@]2(c2cc(N)ccc2F)C1.CO[C@H]1CC[C@H]2CSC(CC(=O)OC(C)(C)C)=N[C@@]2(c2cc([N+](=O)[O-])ccc2F)C1.CO[C@H]1CC[C@H]2CSC(N)=N[C@@]2(c2ccccc2F)C1. The molecular formula is C78H104F4N8O12S4. The summed E-state index contributed by atoms with van der Waals surface area (Å²) in [5, 5.41) is 13.8. The van der Waals surface area contributed by atoms with Gasteiger partial charge < -0.3 is 50.4 Å². The van der Waals surface area contributed by atoms with Crippen LogP contribution in [0, 0.1) is 57.1 Å². The number of hydrogen-bond acceptors (Lipinski definition) is 23. The van der Waals surface area contributed by atoms with Crippen molar-refractivity contribution in [3.63, 3.8) is 0 Å². The van der Waals surface area contributed by atoms with Crippen LogP contribution in [-0.2, 0) is 69.7 Å². The summed E-state index contributed by atoms with van der Waals surface area (Å²) >= 11 is 6.19. The fraction of sp³-hybridized carbons (Fsp3) is 0.603. The summed E-state index contributed by atoms with van der Waals surface area (Å²) in [5.41, 5.74) is 15.8. The molecule has 0 amide bonds. The first-order valence-corrected chi connectivity index (χ1v) is 40.1. The van der Waals surface area contributed by atoms with Gasteiger partial charge in [0.25, 0.3) is 5.69 Å². The highest BCUT2D eigenvalue weighted by Crippen LogP contribution is 2.56. The summed E-state index contributed by atoms with van der Waals surface area (Å²) in [6.45, 7) is 16.4. The molecule has 4 fully saturated rings. The molecule has 0 bridgehead atoms. The zero-order valence-corrected chi connectivity index (χ0v) is 66.3. The lowest BCUT2D eigenvalue weighted by atomic mass is 9.68. The van der Waals surface area contributed by atoms with Crippen LogP contribution in [0.15, 0.2) is 98.8 Å². The van der Waals surface area contributed by atoms with Gasteiger partial charge in [-0.05, 0) is 186 Å². The van der Waals surface area contributed by atoms with Crippen molar-refractivity contribution in [3.05, 3.63) is 134 Å². The first-order chi connectivity index (χ1) is 49.9. The van der Waals surface area contributed by atoms with Crippen molar-refractivity contribution in [1.82, 2.24) is 0 Å². The van der Waals surface area contributed by atoms with Crippen LogP contribution in [0.2, 0.25) is 0 Å². The molecule has 4 heterocycles. The Balaban J connectivity index is 0.000000165. The number of carbonyl (C=O) groups excluding carboxylic acids is 3. The number of rotatable bonds is 15. The summed E-state index contributed by atoms with van der Waals surface area (Å²) in [6.07, 6.45) is 9.61. The highest BCUT2D eigenvalue weighted by Gasteiger charge is 2.54. The Morgan fingerprint density at radius 1 is 0.443 bits per heavy atom. The summed E-state index contributed by atoms with van der Waals surface area (Å²) in [5.74, 6) is 1.37. The van der Waals surface area contributed by atoms with Gasteiger partial charge in [-0.25, -0.2) is 17.6 Å². The second kappa shape index (κ2) is 35.2. The topological polar surface area (TPSA) is 286 Å². The van der Waals surface area contributed by atoms with Crippen molar-refractivity contribution >= 4 is 102 Å². The first-order valence-electron chi connectivity index (χ1n) is 36.1. The van der Waals surface area contributed by atoms with E-state index in [2.05, 4.69) is 0 Å². The van der Waals surface area contributed by atoms with E-state index < -0.39 is 55.7 Å². The largest absolute Gasteiger partial charge is 0.460 e. The number of fused-ring (bicyclic) bond motifs is 4. The lowest BCUT2D eigenvalue weighted by Gasteiger charge is -2.47. The van der Waals surface area contributed by atoms with E-state index in [0.29, 0.717) is 85.7 Å². The Labute approximate surface area is 637 Å². The van der Waals surface area contributed by atoms with Crippen molar-refractivity contribution in [2.75, 3.05) is 62.9 Å². The number of nitrogens with two attached hydrogens (primary N) is 3. The standard InChI is InChI=1S/C21H27FN2O5S.2C21H29FN2O3S.C15H19FN2OS/c1-20(2,3)29-19(25)10-18-23-21(11-15(28-4)7-5-13(21)12-30-18)16-9-14(24(26)27)6-8-17(16)22;2*1-20(2,3)27-19(25)10-18-24-21(16-9-14(23)6-8-17(16)22)11-15(26-4)7-5-13(21)12-28-18;1-19-11-7-6-10-9-20-14(17)18-15(10,8-11)12-4-2-3-5-13(12)16/h6,8-9,13,15H,5,7,10-12H2,1-4H3;2*6,8-9,13,15H,5,7,10-12,23H2,1-4H3;2-5,10-11H,6-9H2,1H3,(H2,17,18)/t3*13-,15-,21-;10-,11-,15-/m0000/s1. The molecule has 12 rings (SSSR count). The first kappa shape index (κ1) is 83.8. The number of halogens is 4. The second-order valence-electron chi connectivity index (χ2n) is 31.4. The molecule has 4 aliphatic heterocycles. The smallest absolute Gasteiger partial charge is 0.312 e. The van der Waals surface area contributed by atoms with Crippen molar-refractivity contribution in [2.45, 2.75) is 222 Å². The maximum absolute atomic E-state index is 15.0. The fourth-order valence-electron chi connectivity index (χ4n) is 15.8. The molecule has 0 unspecified atom stereocenters. The van der Waals surface area contributed by atoms with Crippen LogP contribution in [-0.4, -0.2) is 136 Å². The van der Waals surface area contributed by atoms with E-state index in [1.54, 1.807) is 115 Å². The van der Waals surface area contributed by atoms with Gasteiger partial charge in [0, 0.05) is 123 Å². The number of non-ortho nitro benzene ring substituents is 1. The zero-order valence-electron chi connectivity index (χ0n) is 63.1. The van der Waals surface area contributed by atoms with E-state index in [4.69, 9.17) is 70.3 Å². The second-order valence-corrected chi connectivity index (χ2v) is 35.7. The highest BCUT2D eigenvalue weighted by atomic mass is 32.2. The molecule has 580 valence electrons. The number of anilines is 2. The van der Waals surface area contributed by atoms with Crippen LogP contribution >= 0.6 is 47.0 Å². The van der Waals surface area contributed by atoms with Crippen molar-refractivity contribution in [3.8, 4) is 0 Å². The predicted octanol–water partition coefficient (Wildman–Crippen LogP) is 16.1. The predicted molar refractivity (Wildman–Crippen MR) is 415 cm³/mol. The van der Waals surface area contributed by atoms with E-state index in [-0.39, 0.29) is 102 Å². The summed E-state index contributed by atoms with van der Waals surface area (Å²) in [4.78, 5) is 67.3. The van der Waals surface area contributed by atoms with E-state index >= 15 is 0 Å². The molecule has 6 N–H and O–H groups in total. The number of nitro benzene ring substituents is 1. The Hall–Kier alpha value is -6.27. The maximum Gasteiger partial charge on any atom is 0.312 e. The molecule has 28 heteroatoms. The van der Waals surface area contributed by atoms with Crippen LogP contribution < -0.4 is 17.2 Å². The van der Waals surface area contributed by atoms with Gasteiger partial charge in [-0.1, -0.05) is 30.0 Å². The molecule has 20 nitrogen and oxygen atoms in total. The van der Waals surface area contributed by atoms with E-state index in [0.717, 1.165) is 80.8 Å². The third-order valence-corrected chi connectivity index (χ3v) is 25.0. The van der Waals surface area contributed by atoms with Gasteiger partial charge in [-0.2, -0.15) is 0 Å². The molecule has 4 aromatic carbocycles. The fourth-order valence-corrected chi connectivity index (χ4v) is 20.7. The van der Waals surface area contributed by atoms with Crippen molar-refractivity contribution < 1.29 is 70.0 Å². The average Bonchev–Trinajstić information content (AvgIpc) is 0.760. The minimum absolute atomic E-state index is 0.00668. The number of esters is 3. The number of hydrogen-bond donors (Lipinski definition) is 3. The Bertz CT molecular complexity index is 3820. The summed E-state index contributed by atoms with van der Waals surface area (Å²) in [6, 6.07) is 19.8. The number of nitrogens with zero attached hydrogens (tertiary/aromatic N) is 5. The van der Waals surface area contributed by atoms with Crippen LogP contribution in [0.4, 0.5) is 34.6 Å². The Morgan fingerprint density at radius 2 is 0.745 bits per heavy atom. The average molecular weight is 1550 g/mol. The number of nitrogen functional groups attached to an aromatic ring is 2. The molecule has 4 aromatic rings. The van der Waals surface area contributed by atoms with Gasteiger partial charge in [-0.3, -0.25) is 44.5 Å². The molecule has 12 atom stereocenters. The monoisotopic (exact) mass is 1550 g/mol. The lowest BCUT2D eigenvalue weighted by Crippen LogP contribution is -2.47. The van der Waals surface area contributed by atoms with Crippen molar-refractivity contribution in [2.24, 2.45) is 49.4 Å². The van der Waals surface area contributed by atoms with E-state index in [9.17, 15) is 42.1 Å². The minimum atomic E-state index is -1.00. The third-order valence-electron chi connectivity index (χ3n) is 20.6. The van der Waals surface area contributed by atoms with E-state index in [1.165, 1.54) is 36.0 Å². The van der Waals surface area contributed by atoms with Crippen LogP contribution in [0.5, 0.6) is 0 Å². The number of carbonyl (C=O) groups is 3. The molecule has 0 radical (unpaired) electrons. The maximum atomic E-state index is 15.0. The van der Waals surface area contributed by atoms with Gasteiger partial charge >= 0.3 is 17.9 Å². The van der Waals surface area contributed by atoms with Gasteiger partial charge in [0.1, 0.15) is 40.1 Å². The molecule has 0 saturated heterocycles. The number of thioether (sulfide) groups is 4. The minimum Gasteiger partial charge on any atom is -0.460 e. The van der Waals surface area contributed by atoms with Crippen LogP contribution in [0.1, 0.15) is 181 Å². The number of nitro groups is 1. The summed E-state index contributed by atoms with van der Waals surface area (Å²) in [7, 11) is 6.67. The number of methoxy groups -OCH3 is 4. The van der Waals surface area contributed by atoms with E-state index in [1.807, 2.05) is 53.7 Å². The number of benzene rings is 4. The molecule has 4 aliphatic carbocycles. The van der Waals surface area contributed by atoms with Gasteiger partial charge in [0.15, 0.2) is 5.17 Å². The molecule has 0 spiro atoms. The van der Waals surface area contributed by atoms with Gasteiger partial charge in [0.2, 0.25) is 0 Å². The highest BCUT2D eigenvalue weighted by molar-refractivity contribution is 8.14. The van der Waals surface area contributed by atoms with Crippen LogP contribution in [0.3, 0.4) is 0 Å². The van der Waals surface area contributed by atoms with Crippen molar-refractivity contribution in [1.29, 1.82) is 0 Å². The molecule has 8 aliphatic rings.